The third-order valence-electron chi connectivity index (χ3n) is 9.30. The fourth-order valence-corrected chi connectivity index (χ4v) is 5.93. The average molecular weight is 702 g/mol. The molecular formula is C38H35F4N5O4. The fourth-order valence-electron chi connectivity index (χ4n) is 5.93. The minimum Gasteiger partial charge on any atom is -0.494 e. The van der Waals surface area contributed by atoms with Crippen LogP contribution in [-0.2, 0) is 19.7 Å². The number of ether oxygens (including phenoxy) is 2. The number of methoxy groups -OCH3 is 1. The van der Waals surface area contributed by atoms with Crippen LogP contribution in [0, 0.1) is 17.0 Å². The Morgan fingerprint density at radius 2 is 1.88 bits per heavy atom. The van der Waals surface area contributed by atoms with E-state index in [1.807, 2.05) is 0 Å². The number of benzene rings is 2. The molecule has 1 unspecified atom stereocenters. The number of carbonyl (C=O) groups is 2. The molecule has 2 heterocycles. The summed E-state index contributed by atoms with van der Waals surface area (Å²) in [5, 5.41) is 14.0. The second-order valence-electron chi connectivity index (χ2n) is 12.8. The van der Waals surface area contributed by atoms with E-state index in [2.05, 4.69) is 17.2 Å². The van der Waals surface area contributed by atoms with Crippen molar-refractivity contribution in [2.45, 2.75) is 43.1 Å². The van der Waals surface area contributed by atoms with Gasteiger partial charge in [0.15, 0.2) is 5.79 Å². The van der Waals surface area contributed by atoms with Crippen molar-refractivity contribution in [3.8, 4) is 17.0 Å². The summed E-state index contributed by atoms with van der Waals surface area (Å²) in [5.41, 5.74) is 5.18. The second-order valence-corrected chi connectivity index (χ2v) is 12.8. The Balaban J connectivity index is 1.43. The molecular weight excluding hydrogens is 666 g/mol. The maximum Gasteiger partial charge on any atom is 0.251 e. The number of amides is 2. The Labute approximate surface area is 291 Å². The van der Waals surface area contributed by atoms with E-state index in [1.54, 1.807) is 43.3 Å². The number of fused-ring (bicyclic) bond motifs is 1. The number of nitrogens with zero attached hydrogens (tertiary/aromatic N) is 1. The number of pyridine rings is 1. The summed E-state index contributed by atoms with van der Waals surface area (Å²) in [6.45, 7) is 4.67. The minimum atomic E-state index is -1.95. The van der Waals surface area contributed by atoms with Crippen LogP contribution in [-0.4, -0.2) is 48.6 Å². The minimum absolute atomic E-state index is 0.0302. The maximum atomic E-state index is 15.6. The zero-order valence-corrected chi connectivity index (χ0v) is 27.8. The van der Waals surface area contributed by atoms with Crippen molar-refractivity contribution < 1.29 is 36.6 Å². The zero-order chi connectivity index (χ0) is 36.7. The van der Waals surface area contributed by atoms with Crippen molar-refractivity contribution >= 4 is 17.5 Å². The molecule has 0 spiro atoms. The highest BCUT2D eigenvalue weighted by molar-refractivity contribution is 6.15. The Bertz CT molecular complexity index is 2040. The first-order valence-corrected chi connectivity index (χ1v) is 16.1. The van der Waals surface area contributed by atoms with Crippen molar-refractivity contribution in [2.75, 3.05) is 20.3 Å². The first-order valence-electron chi connectivity index (χ1n) is 16.1. The topological polar surface area (TPSA) is 139 Å². The van der Waals surface area contributed by atoms with Crippen LogP contribution in [0.3, 0.4) is 0 Å². The van der Waals surface area contributed by atoms with Crippen LogP contribution in [0.1, 0.15) is 54.2 Å². The molecule has 1 saturated carbocycles. The van der Waals surface area contributed by atoms with Gasteiger partial charge in [0.25, 0.3) is 5.91 Å². The normalized spacial score (nSPS) is 20.7. The van der Waals surface area contributed by atoms with E-state index in [4.69, 9.17) is 25.6 Å². The molecule has 5 N–H and O–H groups in total. The van der Waals surface area contributed by atoms with Crippen LogP contribution in [0.5, 0.6) is 5.75 Å². The summed E-state index contributed by atoms with van der Waals surface area (Å²) in [5.74, 6) is -5.57. The SMILES string of the molecule is C=CC(F)c1cc(-c2nc([C@@H](CNC(=O)C3=C/C(=C/NC4(F)CC4)C(=N)C(OC)=C3)c3ccccc3)cc3c2OC[C@]3(C)C(N)=O)c(F)cc1F. The van der Waals surface area contributed by atoms with Gasteiger partial charge in [0.1, 0.15) is 52.7 Å². The van der Waals surface area contributed by atoms with Gasteiger partial charge in [0, 0.05) is 65.4 Å². The van der Waals surface area contributed by atoms with E-state index in [-0.39, 0.29) is 64.0 Å². The van der Waals surface area contributed by atoms with Crippen molar-refractivity contribution in [3.63, 3.8) is 0 Å². The summed E-state index contributed by atoms with van der Waals surface area (Å²) in [7, 11) is 1.36. The molecule has 2 amide bonds. The van der Waals surface area contributed by atoms with Crippen molar-refractivity contribution in [3.05, 3.63) is 130 Å². The van der Waals surface area contributed by atoms with Crippen LogP contribution >= 0.6 is 0 Å². The van der Waals surface area contributed by atoms with Gasteiger partial charge in [0.05, 0.1) is 12.8 Å². The predicted molar refractivity (Wildman–Crippen MR) is 182 cm³/mol. The van der Waals surface area contributed by atoms with Crippen molar-refractivity contribution in [2.24, 2.45) is 5.73 Å². The molecule has 1 fully saturated rings. The number of hydrogen-bond acceptors (Lipinski definition) is 7. The monoisotopic (exact) mass is 701 g/mol. The number of nitrogens with one attached hydrogen (secondary N) is 3. The summed E-state index contributed by atoms with van der Waals surface area (Å²) in [4.78, 5) is 31.2. The van der Waals surface area contributed by atoms with Gasteiger partial charge in [-0.25, -0.2) is 22.5 Å². The number of alkyl halides is 2. The first kappa shape index (κ1) is 35.1. The van der Waals surface area contributed by atoms with Crippen LogP contribution in [0.2, 0.25) is 0 Å². The quantitative estimate of drug-likeness (QED) is 0.103. The van der Waals surface area contributed by atoms with Gasteiger partial charge in [-0.3, -0.25) is 15.0 Å². The number of aromatic nitrogens is 1. The lowest BCUT2D eigenvalue weighted by Crippen LogP contribution is -2.40. The smallest absolute Gasteiger partial charge is 0.251 e. The van der Waals surface area contributed by atoms with E-state index in [0.717, 1.165) is 12.1 Å². The molecule has 3 aliphatic rings. The third-order valence-corrected chi connectivity index (χ3v) is 9.30. The molecule has 13 heteroatoms. The molecule has 6 rings (SSSR count). The van der Waals surface area contributed by atoms with Crippen LogP contribution < -0.4 is 21.1 Å². The number of hydrogen-bond donors (Lipinski definition) is 4. The molecule has 0 bridgehead atoms. The molecule has 3 atom stereocenters. The highest BCUT2D eigenvalue weighted by Gasteiger charge is 2.45. The number of carbonyl (C=O) groups excluding carboxylic acids is 2. The van der Waals surface area contributed by atoms with Crippen LogP contribution in [0.15, 0.2) is 96.4 Å². The van der Waals surface area contributed by atoms with Gasteiger partial charge >= 0.3 is 0 Å². The number of halogens is 4. The van der Waals surface area contributed by atoms with Gasteiger partial charge in [-0.1, -0.05) is 43.0 Å². The Kier molecular flexibility index (Phi) is 9.32. The Morgan fingerprint density at radius 3 is 2.53 bits per heavy atom. The Morgan fingerprint density at radius 1 is 1.16 bits per heavy atom. The van der Waals surface area contributed by atoms with E-state index in [0.29, 0.717) is 24.5 Å². The van der Waals surface area contributed by atoms with Crippen LogP contribution in [0.4, 0.5) is 17.6 Å². The molecule has 0 radical (unpaired) electrons. The summed E-state index contributed by atoms with van der Waals surface area (Å²) in [6.07, 6.45) is 3.76. The van der Waals surface area contributed by atoms with E-state index in [1.165, 1.54) is 25.5 Å². The highest BCUT2D eigenvalue weighted by Crippen LogP contribution is 2.47. The molecule has 1 aromatic heterocycles. The number of primary amides is 1. The number of rotatable bonds is 12. The van der Waals surface area contributed by atoms with E-state index >= 15 is 4.39 Å². The fraction of sp³-hybridized carbons (Fsp3) is 0.263. The Hall–Kier alpha value is -5.72. The van der Waals surface area contributed by atoms with E-state index in [9.17, 15) is 22.8 Å². The van der Waals surface area contributed by atoms with Gasteiger partial charge in [0.2, 0.25) is 5.91 Å². The van der Waals surface area contributed by atoms with Gasteiger partial charge in [-0.15, -0.1) is 0 Å². The van der Waals surface area contributed by atoms with Crippen molar-refractivity contribution in [1.29, 1.82) is 5.41 Å². The molecule has 2 aliphatic carbocycles. The van der Waals surface area contributed by atoms with Gasteiger partial charge in [-0.2, -0.15) is 0 Å². The third kappa shape index (κ3) is 6.75. The molecule has 9 nitrogen and oxygen atoms in total. The molecule has 51 heavy (non-hydrogen) atoms. The predicted octanol–water partition coefficient (Wildman–Crippen LogP) is 6.03. The lowest BCUT2D eigenvalue weighted by atomic mass is 9.81. The number of allylic oxidation sites excluding steroid dienone is 3. The molecule has 2 aromatic carbocycles. The molecule has 264 valence electrons. The number of nitrogens with two attached hydrogens (primary N) is 1. The molecule has 0 saturated heterocycles. The highest BCUT2D eigenvalue weighted by atomic mass is 19.2. The first-order chi connectivity index (χ1) is 24.3. The maximum absolute atomic E-state index is 15.6. The zero-order valence-electron chi connectivity index (χ0n) is 27.8. The van der Waals surface area contributed by atoms with Crippen molar-refractivity contribution in [1.82, 2.24) is 15.6 Å². The second kappa shape index (κ2) is 13.5. The van der Waals surface area contributed by atoms with Gasteiger partial charge in [-0.05, 0) is 36.8 Å². The summed E-state index contributed by atoms with van der Waals surface area (Å²) < 4.78 is 70.5. The standard InChI is InChI=1S/C38H35F4N5O4/c1-4-27(39)23-14-24(29(41)16-28(23)40)33-34-26(37(2,19-51-34)36(44)49)15-30(47-33)25(20-8-6-5-7-9-20)18-45-35(48)21-12-22(17-46-38(42)10-11-38)32(43)31(13-21)50-3/h4-9,12-17,25,27,43,46H,1,10-11,18-19H2,2-3H3,(H2,44,49)(H,45,48)/b22-17-,43-32?/t25-,27?,37-/m0/s1. The summed E-state index contributed by atoms with van der Waals surface area (Å²) in [6, 6.07) is 12.1. The largest absolute Gasteiger partial charge is 0.494 e. The van der Waals surface area contributed by atoms with E-state index < -0.39 is 52.3 Å². The average Bonchev–Trinajstić information content (AvgIpc) is 3.76. The summed E-state index contributed by atoms with van der Waals surface area (Å²) >= 11 is 0. The molecule has 3 aromatic rings. The molecule has 1 aliphatic heterocycles. The lowest BCUT2D eigenvalue weighted by Gasteiger charge is -2.23. The lowest BCUT2D eigenvalue weighted by molar-refractivity contribution is -0.123. The van der Waals surface area contributed by atoms with Gasteiger partial charge < -0.3 is 25.8 Å². The van der Waals surface area contributed by atoms with Crippen LogP contribution in [0.25, 0.3) is 11.3 Å².